The van der Waals surface area contributed by atoms with Crippen molar-refractivity contribution in [3.8, 4) is 0 Å². The maximum Gasteiger partial charge on any atom is 0.289 e. The standard InChI is InChI=1S/C21H22N2O7S/c1-30-19-14-17(24)13-15(21(19)25)12-16-8-4-2-3-7-11-22(16)31(28,29)20-10-6-5-9-18(20)23(26)27/h4-6,8-10,13-14,16H,2-3,7,11-12H2,1H3/b8-4-/t16-/m0/s1. The number of hydrogen-bond donors (Lipinski definition) is 0. The Labute approximate surface area is 179 Å². The second-order valence-electron chi connectivity index (χ2n) is 7.15. The molecule has 10 heteroatoms. The van der Waals surface area contributed by atoms with Gasteiger partial charge < -0.3 is 4.74 Å². The first-order valence-corrected chi connectivity index (χ1v) is 11.2. The smallest absolute Gasteiger partial charge is 0.289 e. The highest BCUT2D eigenvalue weighted by Gasteiger charge is 2.36. The van der Waals surface area contributed by atoms with Crippen LogP contribution in [0.15, 0.2) is 64.8 Å². The minimum Gasteiger partial charge on any atom is -0.493 e. The summed E-state index contributed by atoms with van der Waals surface area (Å²) in [5.41, 5.74) is -0.387. The van der Waals surface area contributed by atoms with Gasteiger partial charge in [0.15, 0.2) is 16.4 Å². The van der Waals surface area contributed by atoms with Crippen LogP contribution in [0.25, 0.3) is 0 Å². The lowest BCUT2D eigenvalue weighted by molar-refractivity contribution is -0.387. The number of nitro groups is 1. The molecule has 0 radical (unpaired) electrons. The molecule has 1 aliphatic heterocycles. The lowest BCUT2D eigenvalue weighted by Crippen LogP contribution is -2.41. The van der Waals surface area contributed by atoms with Gasteiger partial charge in [0.05, 0.1) is 12.0 Å². The zero-order valence-electron chi connectivity index (χ0n) is 16.9. The molecule has 0 saturated heterocycles. The SMILES string of the molecule is COC1=CC(=O)C=C(C[C@@H]2/C=C\CCCCN2S(=O)(=O)c2ccccc2[N+](=O)[O-])C1=O. The van der Waals surface area contributed by atoms with Crippen molar-refractivity contribution in [3.05, 3.63) is 70.0 Å². The summed E-state index contributed by atoms with van der Waals surface area (Å²) in [6, 6.07) is 4.38. The topological polar surface area (TPSA) is 124 Å². The van der Waals surface area contributed by atoms with Gasteiger partial charge in [-0.05, 0) is 37.8 Å². The van der Waals surface area contributed by atoms with Gasteiger partial charge in [-0.1, -0.05) is 24.3 Å². The minimum atomic E-state index is -4.26. The summed E-state index contributed by atoms with van der Waals surface area (Å²) in [4.78, 5) is 34.8. The van der Waals surface area contributed by atoms with Gasteiger partial charge in [0, 0.05) is 30.3 Å². The fourth-order valence-corrected chi connectivity index (χ4v) is 5.41. The number of methoxy groups -OCH3 is 1. The number of Topliss-reactive ketones (excluding diaryl/α,β-unsaturated/α-hetero) is 1. The molecule has 0 aromatic heterocycles. The maximum atomic E-state index is 13.5. The summed E-state index contributed by atoms with van der Waals surface area (Å²) in [6.07, 6.45) is 7.75. The van der Waals surface area contributed by atoms with Crippen molar-refractivity contribution in [1.29, 1.82) is 0 Å². The molecule has 1 atom stereocenters. The van der Waals surface area contributed by atoms with Gasteiger partial charge in [0.2, 0.25) is 15.8 Å². The van der Waals surface area contributed by atoms with Crippen LogP contribution in [0.5, 0.6) is 0 Å². The lowest BCUT2D eigenvalue weighted by Gasteiger charge is -2.31. The van der Waals surface area contributed by atoms with Crippen molar-refractivity contribution in [2.24, 2.45) is 0 Å². The largest absolute Gasteiger partial charge is 0.493 e. The average molecular weight is 446 g/mol. The Bertz CT molecular complexity index is 1100. The molecule has 0 saturated carbocycles. The zero-order valence-corrected chi connectivity index (χ0v) is 17.7. The fourth-order valence-electron chi connectivity index (χ4n) is 3.63. The van der Waals surface area contributed by atoms with Crippen molar-refractivity contribution < 1.29 is 27.7 Å². The molecule has 31 heavy (non-hydrogen) atoms. The van der Waals surface area contributed by atoms with E-state index in [0.29, 0.717) is 6.42 Å². The number of carbonyl (C=O) groups excluding carboxylic acids is 2. The van der Waals surface area contributed by atoms with Crippen LogP contribution in [0.2, 0.25) is 0 Å². The molecule has 3 rings (SSSR count). The van der Waals surface area contributed by atoms with Crippen LogP contribution in [-0.4, -0.2) is 48.9 Å². The van der Waals surface area contributed by atoms with E-state index in [0.717, 1.165) is 25.0 Å². The Hall–Kier alpha value is -3.11. The van der Waals surface area contributed by atoms with E-state index in [1.165, 1.54) is 35.7 Å². The number of hydrogen-bond acceptors (Lipinski definition) is 7. The molecule has 1 aliphatic carbocycles. The first-order chi connectivity index (χ1) is 14.8. The highest BCUT2D eigenvalue weighted by atomic mass is 32.2. The minimum absolute atomic E-state index is 0.0539. The van der Waals surface area contributed by atoms with E-state index < -0.39 is 43.1 Å². The molecule has 2 aliphatic rings. The van der Waals surface area contributed by atoms with Gasteiger partial charge >= 0.3 is 0 Å². The van der Waals surface area contributed by atoms with Gasteiger partial charge in [-0.3, -0.25) is 19.7 Å². The molecule has 0 N–H and O–H groups in total. The predicted molar refractivity (Wildman–Crippen MR) is 112 cm³/mol. The van der Waals surface area contributed by atoms with Gasteiger partial charge in [0.25, 0.3) is 5.69 Å². The number of ketones is 2. The van der Waals surface area contributed by atoms with Crippen molar-refractivity contribution in [3.63, 3.8) is 0 Å². The number of nitro benzene ring substituents is 1. The van der Waals surface area contributed by atoms with Crippen LogP contribution in [0.4, 0.5) is 5.69 Å². The Balaban J connectivity index is 2.02. The summed E-state index contributed by atoms with van der Waals surface area (Å²) >= 11 is 0. The van der Waals surface area contributed by atoms with Crippen LogP contribution in [0.3, 0.4) is 0 Å². The van der Waals surface area contributed by atoms with Crippen LogP contribution in [0, 0.1) is 10.1 Å². The normalized spacial score (nSPS) is 21.5. The molecule has 1 aromatic carbocycles. The van der Waals surface area contributed by atoms with Crippen LogP contribution >= 0.6 is 0 Å². The van der Waals surface area contributed by atoms with E-state index in [2.05, 4.69) is 0 Å². The number of ether oxygens (including phenoxy) is 1. The first kappa shape index (κ1) is 22.6. The Morgan fingerprint density at radius 1 is 1.19 bits per heavy atom. The second-order valence-corrected chi connectivity index (χ2v) is 9.01. The third-order valence-electron chi connectivity index (χ3n) is 5.13. The highest BCUT2D eigenvalue weighted by molar-refractivity contribution is 7.89. The van der Waals surface area contributed by atoms with E-state index in [4.69, 9.17) is 4.74 Å². The van der Waals surface area contributed by atoms with Gasteiger partial charge in [0.1, 0.15) is 0 Å². The third kappa shape index (κ3) is 4.80. The number of rotatable bonds is 6. The van der Waals surface area contributed by atoms with Crippen molar-refractivity contribution in [2.75, 3.05) is 13.7 Å². The second kappa shape index (κ2) is 9.36. The Morgan fingerprint density at radius 3 is 2.65 bits per heavy atom. The van der Waals surface area contributed by atoms with E-state index in [9.17, 15) is 28.1 Å². The first-order valence-electron chi connectivity index (χ1n) is 9.72. The van der Waals surface area contributed by atoms with Crippen molar-refractivity contribution >= 4 is 27.3 Å². The summed E-state index contributed by atoms with van der Waals surface area (Å²) < 4.78 is 33.1. The molecule has 9 nitrogen and oxygen atoms in total. The number of benzene rings is 1. The van der Waals surface area contributed by atoms with E-state index in [-0.39, 0.29) is 24.3 Å². The van der Waals surface area contributed by atoms with Gasteiger partial charge in [-0.15, -0.1) is 0 Å². The van der Waals surface area contributed by atoms with E-state index in [1.807, 2.05) is 6.08 Å². The number of para-hydroxylation sites is 1. The summed E-state index contributed by atoms with van der Waals surface area (Å²) in [7, 11) is -2.98. The maximum absolute atomic E-state index is 13.5. The average Bonchev–Trinajstić information content (AvgIpc) is 2.72. The molecule has 164 valence electrons. The third-order valence-corrected chi connectivity index (χ3v) is 7.10. The van der Waals surface area contributed by atoms with Crippen molar-refractivity contribution in [1.82, 2.24) is 4.31 Å². The quantitative estimate of drug-likeness (QED) is 0.285. The van der Waals surface area contributed by atoms with Gasteiger partial charge in [-0.2, -0.15) is 4.31 Å². The Morgan fingerprint density at radius 2 is 1.94 bits per heavy atom. The number of sulfonamides is 1. The molecule has 0 unspecified atom stereocenters. The molecule has 0 spiro atoms. The summed E-state index contributed by atoms with van der Waals surface area (Å²) in [5.74, 6) is -1.01. The highest BCUT2D eigenvalue weighted by Crippen LogP contribution is 2.31. The molecule has 0 bridgehead atoms. The van der Waals surface area contributed by atoms with Crippen molar-refractivity contribution in [2.45, 2.75) is 36.6 Å². The molecule has 0 amide bonds. The van der Waals surface area contributed by atoms with E-state index >= 15 is 0 Å². The molecule has 1 aromatic rings. The predicted octanol–water partition coefficient (Wildman–Crippen LogP) is 2.69. The van der Waals surface area contributed by atoms with E-state index in [1.54, 1.807) is 6.08 Å². The van der Waals surface area contributed by atoms with Crippen LogP contribution in [-0.2, 0) is 24.3 Å². The van der Waals surface area contributed by atoms with Crippen LogP contribution < -0.4 is 0 Å². The molecule has 0 fully saturated rings. The number of allylic oxidation sites excluding steroid dienone is 4. The molecular formula is C21H22N2O7S. The van der Waals surface area contributed by atoms with Crippen LogP contribution in [0.1, 0.15) is 25.7 Å². The lowest BCUT2D eigenvalue weighted by atomic mass is 9.94. The van der Waals surface area contributed by atoms with Gasteiger partial charge in [-0.25, -0.2) is 8.42 Å². The molecule has 1 heterocycles. The monoisotopic (exact) mass is 446 g/mol. The molecular weight excluding hydrogens is 424 g/mol. The zero-order chi connectivity index (χ0) is 22.6. The fraction of sp³-hybridized carbons (Fsp3) is 0.333. The number of nitrogens with zero attached hydrogens (tertiary/aromatic N) is 2. The summed E-state index contributed by atoms with van der Waals surface area (Å²) in [6.45, 7) is 0.131. The summed E-state index contributed by atoms with van der Waals surface area (Å²) in [5, 5.41) is 11.4. The number of carbonyl (C=O) groups is 2. The Kier molecular flexibility index (Phi) is 6.81.